The van der Waals surface area contributed by atoms with E-state index in [-0.39, 0.29) is 0 Å². The van der Waals surface area contributed by atoms with Crippen LogP contribution >= 0.6 is 0 Å². The molecule has 0 unspecified atom stereocenters. The molecule has 0 aliphatic heterocycles. The van der Waals surface area contributed by atoms with Gasteiger partial charge in [-0.25, -0.2) is 0 Å². The molecule has 0 atom stereocenters. The van der Waals surface area contributed by atoms with Crippen molar-refractivity contribution >= 4 is 75.9 Å². The van der Waals surface area contributed by atoms with E-state index in [1.807, 2.05) is 0 Å². The van der Waals surface area contributed by atoms with Crippen molar-refractivity contribution in [1.82, 2.24) is 9.13 Å². The van der Waals surface area contributed by atoms with Gasteiger partial charge in [-0.1, -0.05) is 140 Å². The van der Waals surface area contributed by atoms with Crippen LogP contribution in [0.3, 0.4) is 0 Å². The van der Waals surface area contributed by atoms with Gasteiger partial charge in [0.15, 0.2) is 0 Å². The minimum atomic E-state index is 1.15. The van der Waals surface area contributed by atoms with Gasteiger partial charge in [-0.15, -0.1) is 0 Å². The molecule has 10 aromatic carbocycles. The first-order valence-corrected chi connectivity index (χ1v) is 18.7. The summed E-state index contributed by atoms with van der Waals surface area (Å²) in [6.45, 7) is 0. The monoisotopic (exact) mass is 684 g/mol. The number of nitrogens with zero attached hydrogens (tertiary/aromatic N) is 2. The largest absolute Gasteiger partial charge is 0.309 e. The van der Waals surface area contributed by atoms with Gasteiger partial charge in [-0.3, -0.25) is 0 Å². The Labute approximate surface area is 311 Å². The van der Waals surface area contributed by atoms with E-state index in [9.17, 15) is 0 Å². The van der Waals surface area contributed by atoms with Crippen molar-refractivity contribution in [2.45, 2.75) is 0 Å². The summed E-state index contributed by atoms with van der Waals surface area (Å²) in [6, 6.07) is 71.5. The van der Waals surface area contributed by atoms with Crippen LogP contribution in [-0.4, -0.2) is 9.13 Å². The highest BCUT2D eigenvalue weighted by atomic mass is 15.0. The van der Waals surface area contributed by atoms with E-state index in [2.05, 4.69) is 203 Å². The van der Waals surface area contributed by atoms with E-state index in [4.69, 9.17) is 0 Å². The standard InChI is InChI=1S/C52H32N2/c1-3-14-33(15-4-1)34-17-11-18-35(30-34)36-19-12-22-39(31-36)54-47-29-28-46-50-48-43(26-13-27-45(48)53(46)38-20-5-2-6-21-38)41-24-9-10-25-42(41)44-32-37-16-7-8-23-40(37)52(54)49(44)51(47)50/h1-32H. The summed E-state index contributed by atoms with van der Waals surface area (Å²) in [5, 5.41) is 12.8. The minimum absolute atomic E-state index is 1.15. The lowest BCUT2D eigenvalue weighted by atomic mass is 9.93. The molecule has 250 valence electrons. The molecule has 0 amide bonds. The summed E-state index contributed by atoms with van der Waals surface area (Å²) in [6.07, 6.45) is 0. The maximum absolute atomic E-state index is 2.54. The van der Waals surface area contributed by atoms with Crippen molar-refractivity contribution in [3.63, 3.8) is 0 Å². The predicted octanol–water partition coefficient (Wildman–Crippen LogP) is 14.1. The van der Waals surface area contributed by atoms with Gasteiger partial charge < -0.3 is 9.13 Å². The van der Waals surface area contributed by atoms with Crippen LogP contribution in [0.5, 0.6) is 0 Å². The molecule has 12 aromatic rings. The Kier molecular flexibility index (Phi) is 6.09. The number of aromatic nitrogens is 2. The van der Waals surface area contributed by atoms with Crippen LogP contribution in [0.25, 0.3) is 110 Å². The molecule has 2 heteroatoms. The number of benzene rings is 9. The van der Waals surface area contributed by atoms with Gasteiger partial charge >= 0.3 is 0 Å². The van der Waals surface area contributed by atoms with Gasteiger partial charge in [0.05, 0.1) is 22.1 Å². The van der Waals surface area contributed by atoms with E-state index >= 15 is 0 Å². The average molecular weight is 685 g/mol. The van der Waals surface area contributed by atoms with Gasteiger partial charge in [0, 0.05) is 38.3 Å². The molecule has 0 aliphatic carbocycles. The first-order chi connectivity index (χ1) is 26.8. The first kappa shape index (κ1) is 29.4. The second kappa shape index (κ2) is 11.2. The molecule has 0 spiro atoms. The zero-order chi connectivity index (χ0) is 35.3. The Balaban J connectivity index is 1.28. The smallest absolute Gasteiger partial charge is 0.0625 e. The van der Waals surface area contributed by atoms with Crippen molar-refractivity contribution < 1.29 is 0 Å². The van der Waals surface area contributed by atoms with Gasteiger partial charge in [-0.2, -0.15) is 0 Å². The number of fused-ring (bicyclic) bond motifs is 5. The zero-order valence-electron chi connectivity index (χ0n) is 29.4. The van der Waals surface area contributed by atoms with E-state index in [0.29, 0.717) is 0 Å². The zero-order valence-corrected chi connectivity index (χ0v) is 29.4. The maximum Gasteiger partial charge on any atom is 0.0625 e. The molecule has 0 aliphatic rings. The molecule has 0 bridgehead atoms. The highest BCUT2D eigenvalue weighted by molar-refractivity contribution is 6.41. The van der Waals surface area contributed by atoms with Gasteiger partial charge in [0.25, 0.3) is 0 Å². The average Bonchev–Trinajstić information content (AvgIpc) is 3.77. The van der Waals surface area contributed by atoms with Crippen LogP contribution in [0, 0.1) is 0 Å². The van der Waals surface area contributed by atoms with Crippen LogP contribution in [-0.2, 0) is 0 Å². The summed E-state index contributed by atoms with van der Waals surface area (Å²) in [7, 11) is 0. The molecule has 0 N–H and O–H groups in total. The van der Waals surface area contributed by atoms with Crippen LogP contribution < -0.4 is 0 Å². The molecule has 0 radical (unpaired) electrons. The minimum Gasteiger partial charge on any atom is -0.309 e. The lowest BCUT2D eigenvalue weighted by Crippen LogP contribution is -1.96. The van der Waals surface area contributed by atoms with E-state index < -0.39 is 0 Å². The predicted molar refractivity (Wildman–Crippen MR) is 230 cm³/mol. The molecule has 0 saturated carbocycles. The fourth-order valence-corrected chi connectivity index (χ4v) is 9.36. The van der Waals surface area contributed by atoms with Crippen LogP contribution in [0.1, 0.15) is 0 Å². The molecular weight excluding hydrogens is 653 g/mol. The van der Waals surface area contributed by atoms with Crippen LogP contribution in [0.2, 0.25) is 0 Å². The Hall–Kier alpha value is -7.16. The molecule has 12 rings (SSSR count). The molecule has 2 aromatic heterocycles. The maximum atomic E-state index is 2.54. The number of hydrogen-bond acceptors (Lipinski definition) is 0. The number of rotatable bonds is 4. The first-order valence-electron chi connectivity index (χ1n) is 18.7. The quantitative estimate of drug-likeness (QED) is 0.175. The third-order valence-electron chi connectivity index (χ3n) is 11.6. The number of para-hydroxylation sites is 1. The summed E-state index contributed by atoms with van der Waals surface area (Å²) >= 11 is 0. The summed E-state index contributed by atoms with van der Waals surface area (Å²) in [5.74, 6) is 0. The van der Waals surface area contributed by atoms with E-state index in [0.717, 1.165) is 5.69 Å². The number of hydrogen-bond donors (Lipinski definition) is 0. The highest BCUT2D eigenvalue weighted by Crippen LogP contribution is 2.49. The van der Waals surface area contributed by atoms with Crippen molar-refractivity contribution in [3.8, 4) is 33.6 Å². The Morgan fingerprint density at radius 3 is 1.57 bits per heavy atom. The SMILES string of the molecule is c1ccc(-c2cccc(-c3cccc(-n4c5ccc6c7c8c(cccc8n6-c6ccccc6)c6ccccc6c6cc8ccccc8c4c6c75)c3)c2)cc1. The second-order valence-corrected chi connectivity index (χ2v) is 14.5. The Morgan fingerprint density at radius 2 is 0.778 bits per heavy atom. The van der Waals surface area contributed by atoms with Crippen molar-refractivity contribution in [2.75, 3.05) is 0 Å². The lowest BCUT2D eigenvalue weighted by Gasteiger charge is -2.13. The summed E-state index contributed by atoms with van der Waals surface area (Å²) < 4.78 is 5.01. The van der Waals surface area contributed by atoms with Crippen LogP contribution in [0.15, 0.2) is 194 Å². The lowest BCUT2D eigenvalue weighted by molar-refractivity contribution is 1.17. The van der Waals surface area contributed by atoms with Crippen molar-refractivity contribution in [1.29, 1.82) is 0 Å². The second-order valence-electron chi connectivity index (χ2n) is 14.5. The van der Waals surface area contributed by atoms with Crippen molar-refractivity contribution in [3.05, 3.63) is 194 Å². The molecule has 0 saturated heterocycles. The normalized spacial score (nSPS) is 12.1. The molecule has 2 nitrogen and oxygen atoms in total. The topological polar surface area (TPSA) is 9.86 Å². The fourth-order valence-electron chi connectivity index (χ4n) is 9.36. The van der Waals surface area contributed by atoms with Gasteiger partial charge in [-0.05, 0) is 104 Å². The Morgan fingerprint density at radius 1 is 0.259 bits per heavy atom. The van der Waals surface area contributed by atoms with Crippen molar-refractivity contribution in [2.24, 2.45) is 0 Å². The fraction of sp³-hybridized carbons (Fsp3) is 0. The van der Waals surface area contributed by atoms with Gasteiger partial charge in [0.1, 0.15) is 0 Å². The third kappa shape index (κ3) is 4.05. The van der Waals surface area contributed by atoms with E-state index in [1.165, 1.54) is 104 Å². The highest BCUT2D eigenvalue weighted by Gasteiger charge is 2.25. The van der Waals surface area contributed by atoms with Gasteiger partial charge in [0.2, 0.25) is 0 Å². The summed E-state index contributed by atoms with van der Waals surface area (Å²) in [4.78, 5) is 0. The van der Waals surface area contributed by atoms with Crippen LogP contribution in [0.4, 0.5) is 0 Å². The molecular formula is C52H32N2. The molecule has 0 fully saturated rings. The molecule has 2 heterocycles. The third-order valence-corrected chi connectivity index (χ3v) is 11.6. The Bertz CT molecular complexity index is 3420. The molecule has 54 heavy (non-hydrogen) atoms. The van der Waals surface area contributed by atoms with E-state index in [1.54, 1.807) is 0 Å². The summed E-state index contributed by atoms with van der Waals surface area (Å²) in [5.41, 5.74) is 12.1.